The van der Waals surface area contributed by atoms with Crippen LogP contribution in [0.5, 0.6) is 0 Å². The van der Waals surface area contributed by atoms with E-state index in [-0.39, 0.29) is 6.61 Å². The number of imidazole rings is 1. The van der Waals surface area contributed by atoms with Gasteiger partial charge in [0.25, 0.3) is 0 Å². The van der Waals surface area contributed by atoms with E-state index < -0.39 is 0 Å². The lowest BCUT2D eigenvalue weighted by atomic mass is 10.2. The number of hydrogen-bond acceptors (Lipinski definition) is 3. The minimum Gasteiger partial charge on any atom is -0.399 e. The number of aliphatic hydroxyl groups excluding tert-OH is 1. The van der Waals surface area contributed by atoms with Crippen molar-refractivity contribution < 1.29 is 5.11 Å². The maximum atomic E-state index is 8.88. The second-order valence-electron chi connectivity index (χ2n) is 3.29. The molecule has 0 radical (unpaired) electrons. The summed E-state index contributed by atoms with van der Waals surface area (Å²) in [6, 6.07) is 7.53. The number of benzene rings is 1. The molecular formula is C11H13N3O. The fraction of sp³-hybridized carbons (Fsp3) is 0.182. The van der Waals surface area contributed by atoms with Crippen molar-refractivity contribution in [3.8, 4) is 11.4 Å². The van der Waals surface area contributed by atoms with Gasteiger partial charge >= 0.3 is 0 Å². The van der Waals surface area contributed by atoms with Crippen molar-refractivity contribution in [2.75, 3.05) is 12.3 Å². The largest absolute Gasteiger partial charge is 0.399 e. The van der Waals surface area contributed by atoms with Crippen LogP contribution < -0.4 is 5.73 Å². The molecule has 0 saturated carbocycles. The Balaban J connectivity index is 2.36. The maximum absolute atomic E-state index is 8.88. The van der Waals surface area contributed by atoms with Crippen LogP contribution in [-0.4, -0.2) is 21.3 Å². The van der Waals surface area contributed by atoms with Gasteiger partial charge in [-0.2, -0.15) is 0 Å². The molecule has 0 aliphatic rings. The Bertz CT molecular complexity index is 433. The van der Waals surface area contributed by atoms with Crippen LogP contribution in [0.3, 0.4) is 0 Å². The predicted molar refractivity (Wildman–Crippen MR) is 59.2 cm³/mol. The van der Waals surface area contributed by atoms with Crippen molar-refractivity contribution in [2.24, 2.45) is 0 Å². The van der Waals surface area contributed by atoms with E-state index in [0.29, 0.717) is 6.54 Å². The first-order valence-electron chi connectivity index (χ1n) is 4.79. The Labute approximate surface area is 88.0 Å². The van der Waals surface area contributed by atoms with Crippen LogP contribution >= 0.6 is 0 Å². The lowest BCUT2D eigenvalue weighted by Crippen LogP contribution is -2.02. The molecule has 2 rings (SSSR count). The summed E-state index contributed by atoms with van der Waals surface area (Å²) in [6.07, 6.45) is 3.57. The van der Waals surface area contributed by atoms with Crippen LogP contribution in [-0.2, 0) is 6.54 Å². The minimum atomic E-state index is 0.109. The van der Waals surface area contributed by atoms with Gasteiger partial charge in [0.1, 0.15) is 5.82 Å². The molecule has 0 unspecified atom stereocenters. The van der Waals surface area contributed by atoms with Gasteiger partial charge in [0, 0.05) is 30.2 Å². The zero-order valence-electron chi connectivity index (χ0n) is 8.30. The van der Waals surface area contributed by atoms with Gasteiger partial charge in [0.2, 0.25) is 0 Å². The smallest absolute Gasteiger partial charge is 0.139 e. The lowest BCUT2D eigenvalue weighted by Gasteiger charge is -2.05. The maximum Gasteiger partial charge on any atom is 0.139 e. The van der Waals surface area contributed by atoms with Crippen LogP contribution in [0, 0.1) is 0 Å². The number of aromatic nitrogens is 2. The molecule has 0 fully saturated rings. The summed E-state index contributed by atoms with van der Waals surface area (Å²) in [5.41, 5.74) is 7.35. The Morgan fingerprint density at radius 3 is 2.67 bits per heavy atom. The number of aliphatic hydroxyl groups is 1. The zero-order valence-corrected chi connectivity index (χ0v) is 8.30. The van der Waals surface area contributed by atoms with Gasteiger partial charge in [-0.1, -0.05) is 0 Å². The Hall–Kier alpha value is -1.81. The molecule has 0 aliphatic heterocycles. The van der Waals surface area contributed by atoms with Gasteiger partial charge in [-0.15, -0.1) is 0 Å². The average Bonchev–Trinajstić information content (AvgIpc) is 2.68. The van der Waals surface area contributed by atoms with Gasteiger partial charge < -0.3 is 15.4 Å². The zero-order chi connectivity index (χ0) is 10.7. The molecule has 4 heteroatoms. The standard InChI is InChI=1S/C11H13N3O/c12-10-3-1-9(2-4-10)11-13-5-6-14(11)7-8-15/h1-6,15H,7-8,12H2. The summed E-state index contributed by atoms with van der Waals surface area (Å²) in [5.74, 6) is 0.851. The average molecular weight is 203 g/mol. The van der Waals surface area contributed by atoms with Crippen LogP contribution in [0.4, 0.5) is 5.69 Å². The van der Waals surface area contributed by atoms with E-state index in [0.717, 1.165) is 17.1 Å². The van der Waals surface area contributed by atoms with Crippen molar-refractivity contribution in [3.63, 3.8) is 0 Å². The molecule has 78 valence electrons. The quantitative estimate of drug-likeness (QED) is 0.735. The van der Waals surface area contributed by atoms with E-state index in [4.69, 9.17) is 10.8 Å². The number of nitrogens with zero attached hydrogens (tertiary/aromatic N) is 2. The van der Waals surface area contributed by atoms with Crippen molar-refractivity contribution in [1.82, 2.24) is 9.55 Å². The molecule has 2 aromatic rings. The second kappa shape index (κ2) is 4.14. The molecule has 4 nitrogen and oxygen atoms in total. The molecule has 0 saturated heterocycles. The third-order valence-corrected chi connectivity index (χ3v) is 2.23. The lowest BCUT2D eigenvalue weighted by molar-refractivity contribution is 0.276. The van der Waals surface area contributed by atoms with E-state index in [1.165, 1.54) is 0 Å². The third-order valence-electron chi connectivity index (χ3n) is 2.23. The first-order valence-corrected chi connectivity index (χ1v) is 4.79. The van der Waals surface area contributed by atoms with E-state index in [9.17, 15) is 0 Å². The Morgan fingerprint density at radius 1 is 1.27 bits per heavy atom. The SMILES string of the molecule is Nc1ccc(-c2nccn2CCO)cc1. The first-order chi connectivity index (χ1) is 7.31. The van der Waals surface area contributed by atoms with Crippen LogP contribution in [0.1, 0.15) is 0 Å². The van der Waals surface area contributed by atoms with Gasteiger partial charge in [-0.3, -0.25) is 0 Å². The van der Waals surface area contributed by atoms with Crippen molar-refractivity contribution in [2.45, 2.75) is 6.54 Å². The fourth-order valence-electron chi connectivity index (χ4n) is 1.49. The molecule has 3 N–H and O–H groups in total. The number of hydrogen-bond donors (Lipinski definition) is 2. The van der Waals surface area contributed by atoms with E-state index in [1.807, 2.05) is 35.0 Å². The molecule has 0 bridgehead atoms. The molecule has 0 amide bonds. The molecule has 0 aliphatic carbocycles. The summed E-state index contributed by atoms with van der Waals surface area (Å²) in [5, 5.41) is 8.88. The van der Waals surface area contributed by atoms with Crippen molar-refractivity contribution in [3.05, 3.63) is 36.7 Å². The van der Waals surface area contributed by atoms with Gasteiger partial charge in [-0.25, -0.2) is 4.98 Å². The summed E-state index contributed by atoms with van der Waals surface area (Å²) in [4.78, 5) is 4.25. The Kier molecular flexibility index (Phi) is 2.69. The second-order valence-corrected chi connectivity index (χ2v) is 3.29. The predicted octanol–water partition coefficient (Wildman–Crippen LogP) is 1.12. The van der Waals surface area contributed by atoms with Crippen molar-refractivity contribution in [1.29, 1.82) is 0 Å². The number of anilines is 1. The highest BCUT2D eigenvalue weighted by molar-refractivity contribution is 5.59. The summed E-state index contributed by atoms with van der Waals surface area (Å²) < 4.78 is 1.91. The van der Waals surface area contributed by atoms with E-state index >= 15 is 0 Å². The van der Waals surface area contributed by atoms with Crippen molar-refractivity contribution >= 4 is 5.69 Å². The number of rotatable bonds is 3. The Morgan fingerprint density at radius 2 is 2.00 bits per heavy atom. The van der Waals surface area contributed by atoms with Crippen LogP contribution in [0.2, 0.25) is 0 Å². The molecule has 1 aromatic carbocycles. The summed E-state index contributed by atoms with van der Waals surface area (Å²) in [7, 11) is 0. The molecule has 15 heavy (non-hydrogen) atoms. The monoisotopic (exact) mass is 203 g/mol. The minimum absolute atomic E-state index is 0.109. The number of nitrogens with two attached hydrogens (primary N) is 1. The first kappa shape index (κ1) is 9.73. The topological polar surface area (TPSA) is 64.1 Å². The summed E-state index contributed by atoms with van der Waals surface area (Å²) >= 11 is 0. The highest BCUT2D eigenvalue weighted by atomic mass is 16.3. The number of nitrogen functional groups attached to an aromatic ring is 1. The third kappa shape index (κ3) is 1.99. The van der Waals surface area contributed by atoms with Gasteiger partial charge in [0.15, 0.2) is 0 Å². The van der Waals surface area contributed by atoms with Crippen LogP contribution in [0.15, 0.2) is 36.7 Å². The summed E-state index contributed by atoms with van der Waals surface area (Å²) in [6.45, 7) is 0.665. The van der Waals surface area contributed by atoms with E-state index in [2.05, 4.69) is 4.98 Å². The van der Waals surface area contributed by atoms with Gasteiger partial charge in [0.05, 0.1) is 6.61 Å². The van der Waals surface area contributed by atoms with E-state index in [1.54, 1.807) is 6.20 Å². The molecule has 1 aromatic heterocycles. The fourth-order valence-corrected chi connectivity index (χ4v) is 1.49. The molecule has 1 heterocycles. The highest BCUT2D eigenvalue weighted by Crippen LogP contribution is 2.18. The van der Waals surface area contributed by atoms with Crippen LogP contribution in [0.25, 0.3) is 11.4 Å². The molecule has 0 atom stereocenters. The normalized spacial score (nSPS) is 10.5. The van der Waals surface area contributed by atoms with Gasteiger partial charge in [-0.05, 0) is 24.3 Å². The molecule has 0 spiro atoms. The highest BCUT2D eigenvalue weighted by Gasteiger charge is 2.04. The molecular weight excluding hydrogens is 190 g/mol.